The minimum atomic E-state index is -0.107. The number of amides is 2. The molecule has 8 nitrogen and oxygen atoms in total. The normalized spacial score (nSPS) is 13.8. The summed E-state index contributed by atoms with van der Waals surface area (Å²) in [5, 5.41) is 12.3. The van der Waals surface area contributed by atoms with Crippen LogP contribution in [0.2, 0.25) is 0 Å². The van der Waals surface area contributed by atoms with Crippen molar-refractivity contribution >= 4 is 29.1 Å². The second-order valence-corrected chi connectivity index (χ2v) is 8.09. The number of carbonyl (C=O) groups excluding carboxylic acids is 2. The highest BCUT2D eigenvalue weighted by molar-refractivity contribution is 5.88. The molecule has 0 radical (unpaired) electrons. The van der Waals surface area contributed by atoms with Gasteiger partial charge >= 0.3 is 0 Å². The average molecular weight is 445 g/mol. The Morgan fingerprint density at radius 1 is 1.03 bits per heavy atom. The number of anilines is 3. The summed E-state index contributed by atoms with van der Waals surface area (Å²) in [5.41, 5.74) is 4.28. The molecule has 1 saturated heterocycles. The van der Waals surface area contributed by atoms with Crippen molar-refractivity contribution in [1.29, 1.82) is 0 Å². The number of hydrogen-bond donors (Lipinski definition) is 4. The van der Waals surface area contributed by atoms with E-state index in [0.29, 0.717) is 12.5 Å². The van der Waals surface area contributed by atoms with Crippen LogP contribution < -0.4 is 21.3 Å². The summed E-state index contributed by atoms with van der Waals surface area (Å²) in [6, 6.07) is 17.2. The van der Waals surface area contributed by atoms with Crippen LogP contribution in [0.15, 0.2) is 60.8 Å². The molecule has 0 atom stereocenters. The van der Waals surface area contributed by atoms with Gasteiger partial charge in [0.1, 0.15) is 0 Å². The number of hydrogen-bond acceptors (Lipinski definition) is 6. The van der Waals surface area contributed by atoms with Crippen molar-refractivity contribution in [3.8, 4) is 11.3 Å². The van der Waals surface area contributed by atoms with Gasteiger partial charge in [0, 0.05) is 42.5 Å². The summed E-state index contributed by atoms with van der Waals surface area (Å²) in [4.78, 5) is 32.5. The number of aromatic nitrogens is 2. The van der Waals surface area contributed by atoms with E-state index in [1.54, 1.807) is 6.20 Å². The Labute approximate surface area is 193 Å². The second-order valence-electron chi connectivity index (χ2n) is 8.09. The third kappa shape index (κ3) is 6.36. The zero-order valence-electron chi connectivity index (χ0n) is 18.6. The van der Waals surface area contributed by atoms with E-state index in [2.05, 4.69) is 31.2 Å². The Kier molecular flexibility index (Phi) is 7.26. The van der Waals surface area contributed by atoms with Crippen molar-refractivity contribution in [2.45, 2.75) is 26.3 Å². The highest BCUT2D eigenvalue weighted by atomic mass is 16.2. The Morgan fingerprint density at radius 3 is 2.58 bits per heavy atom. The van der Waals surface area contributed by atoms with E-state index >= 15 is 0 Å². The predicted octanol–water partition coefficient (Wildman–Crippen LogP) is 3.46. The Morgan fingerprint density at radius 2 is 1.82 bits per heavy atom. The van der Waals surface area contributed by atoms with Crippen molar-refractivity contribution in [3.63, 3.8) is 0 Å². The van der Waals surface area contributed by atoms with Crippen LogP contribution in [0, 0.1) is 5.92 Å². The van der Waals surface area contributed by atoms with Crippen molar-refractivity contribution < 1.29 is 9.59 Å². The molecule has 8 heteroatoms. The lowest BCUT2D eigenvalue weighted by Crippen LogP contribution is -2.37. The minimum Gasteiger partial charge on any atom is -0.352 e. The lowest BCUT2D eigenvalue weighted by atomic mass is 9.97. The van der Waals surface area contributed by atoms with Gasteiger partial charge in [-0.1, -0.05) is 24.3 Å². The van der Waals surface area contributed by atoms with E-state index in [1.807, 2.05) is 54.6 Å². The van der Waals surface area contributed by atoms with Gasteiger partial charge in [-0.15, -0.1) is 0 Å². The maximum absolute atomic E-state index is 12.4. The first-order chi connectivity index (χ1) is 16.1. The number of benzene rings is 2. The summed E-state index contributed by atoms with van der Waals surface area (Å²) in [7, 11) is 0. The van der Waals surface area contributed by atoms with Gasteiger partial charge in [0.05, 0.1) is 5.69 Å². The first-order valence-corrected chi connectivity index (χ1v) is 11.1. The minimum absolute atomic E-state index is 0.0935. The molecule has 0 saturated carbocycles. The van der Waals surface area contributed by atoms with E-state index in [0.717, 1.165) is 54.1 Å². The molecule has 1 aliphatic heterocycles. The Bertz CT molecular complexity index is 1110. The van der Waals surface area contributed by atoms with Crippen LogP contribution >= 0.6 is 0 Å². The topological polar surface area (TPSA) is 108 Å². The second kappa shape index (κ2) is 10.7. The van der Waals surface area contributed by atoms with Gasteiger partial charge < -0.3 is 21.3 Å². The van der Waals surface area contributed by atoms with E-state index in [1.165, 1.54) is 6.92 Å². The highest BCUT2D eigenvalue weighted by Gasteiger charge is 2.20. The van der Waals surface area contributed by atoms with Crippen LogP contribution in [0.5, 0.6) is 0 Å². The van der Waals surface area contributed by atoms with Gasteiger partial charge in [0.15, 0.2) is 0 Å². The standard InChI is InChI=1S/C25H28N6O2/c1-17(32)29-21-7-5-19(6-8-21)23-11-14-27-25(31-23)30-22-4-2-3-18(15-22)16-28-24(33)20-9-12-26-13-10-20/h2-8,11,14-15,20,26H,9-10,12-13,16H2,1H3,(H,28,33)(H,29,32)(H,27,30,31). The van der Waals surface area contributed by atoms with E-state index in [9.17, 15) is 9.59 Å². The summed E-state index contributed by atoms with van der Waals surface area (Å²) >= 11 is 0. The Balaban J connectivity index is 1.39. The number of piperidine rings is 1. The summed E-state index contributed by atoms with van der Waals surface area (Å²) in [5.74, 6) is 0.588. The molecule has 1 aliphatic rings. The van der Waals surface area contributed by atoms with Crippen molar-refractivity contribution in [3.05, 3.63) is 66.4 Å². The van der Waals surface area contributed by atoms with Crippen LogP contribution in [0.1, 0.15) is 25.3 Å². The van der Waals surface area contributed by atoms with Gasteiger partial charge in [-0.05, 0) is 61.8 Å². The fraction of sp³-hybridized carbons (Fsp3) is 0.280. The molecule has 2 aromatic carbocycles. The quantitative estimate of drug-likeness (QED) is 0.445. The molecule has 2 amide bonds. The third-order valence-corrected chi connectivity index (χ3v) is 5.52. The van der Waals surface area contributed by atoms with Crippen LogP contribution in [-0.2, 0) is 16.1 Å². The molecule has 2 heterocycles. The molecule has 4 rings (SSSR count). The predicted molar refractivity (Wildman–Crippen MR) is 129 cm³/mol. The van der Waals surface area contributed by atoms with Crippen LogP contribution in [-0.4, -0.2) is 34.9 Å². The molecule has 0 aliphatic carbocycles. The molecule has 0 bridgehead atoms. The number of nitrogens with one attached hydrogen (secondary N) is 4. The van der Waals surface area contributed by atoms with Gasteiger partial charge in [0.2, 0.25) is 17.8 Å². The lowest BCUT2D eigenvalue weighted by molar-refractivity contribution is -0.125. The van der Waals surface area contributed by atoms with Crippen LogP contribution in [0.4, 0.5) is 17.3 Å². The first-order valence-electron chi connectivity index (χ1n) is 11.1. The van der Waals surface area contributed by atoms with Crippen molar-refractivity contribution in [2.24, 2.45) is 5.92 Å². The van der Waals surface area contributed by atoms with E-state index < -0.39 is 0 Å². The molecule has 0 unspecified atom stereocenters. The average Bonchev–Trinajstić information content (AvgIpc) is 2.84. The molecule has 4 N–H and O–H groups in total. The van der Waals surface area contributed by atoms with E-state index in [4.69, 9.17) is 0 Å². The van der Waals surface area contributed by atoms with Gasteiger partial charge in [0.25, 0.3) is 0 Å². The molecule has 1 fully saturated rings. The zero-order chi connectivity index (χ0) is 23.0. The first kappa shape index (κ1) is 22.4. The molecule has 1 aromatic heterocycles. The summed E-state index contributed by atoms with van der Waals surface area (Å²) < 4.78 is 0. The third-order valence-electron chi connectivity index (χ3n) is 5.52. The largest absolute Gasteiger partial charge is 0.352 e. The maximum Gasteiger partial charge on any atom is 0.227 e. The highest BCUT2D eigenvalue weighted by Crippen LogP contribution is 2.22. The number of carbonyl (C=O) groups is 2. The van der Waals surface area contributed by atoms with Crippen molar-refractivity contribution in [1.82, 2.24) is 20.6 Å². The SMILES string of the molecule is CC(=O)Nc1ccc(-c2ccnc(Nc3cccc(CNC(=O)C4CCNCC4)c3)n2)cc1. The van der Waals surface area contributed by atoms with E-state index in [-0.39, 0.29) is 17.7 Å². The van der Waals surface area contributed by atoms with Gasteiger partial charge in [-0.3, -0.25) is 9.59 Å². The molecule has 0 spiro atoms. The summed E-state index contributed by atoms with van der Waals surface area (Å²) in [6.07, 6.45) is 3.48. The smallest absolute Gasteiger partial charge is 0.227 e. The fourth-order valence-corrected chi connectivity index (χ4v) is 3.81. The van der Waals surface area contributed by atoms with Crippen LogP contribution in [0.3, 0.4) is 0 Å². The Hall–Kier alpha value is -3.78. The maximum atomic E-state index is 12.4. The fourth-order valence-electron chi connectivity index (χ4n) is 3.81. The molecular weight excluding hydrogens is 416 g/mol. The van der Waals surface area contributed by atoms with Crippen LogP contribution in [0.25, 0.3) is 11.3 Å². The summed E-state index contributed by atoms with van der Waals surface area (Å²) in [6.45, 7) is 3.76. The molecule has 3 aromatic rings. The zero-order valence-corrected chi connectivity index (χ0v) is 18.6. The molecule has 170 valence electrons. The van der Waals surface area contributed by atoms with Gasteiger partial charge in [-0.2, -0.15) is 0 Å². The lowest BCUT2D eigenvalue weighted by Gasteiger charge is -2.21. The van der Waals surface area contributed by atoms with Crippen molar-refractivity contribution in [2.75, 3.05) is 23.7 Å². The monoisotopic (exact) mass is 444 g/mol. The number of nitrogens with zero attached hydrogens (tertiary/aromatic N) is 2. The molecule has 33 heavy (non-hydrogen) atoms. The van der Waals surface area contributed by atoms with Gasteiger partial charge in [-0.25, -0.2) is 9.97 Å². The number of rotatable bonds is 7. The molecular formula is C25H28N6O2.